The highest BCUT2D eigenvalue weighted by Gasteiger charge is 2.31. The molecule has 2 aliphatic rings. The number of aromatic nitrogens is 6. The van der Waals surface area contributed by atoms with Crippen LogP contribution in [0.5, 0.6) is 0 Å². The third kappa shape index (κ3) is 2.56. The van der Waals surface area contributed by atoms with Crippen molar-refractivity contribution in [3.63, 3.8) is 0 Å². The van der Waals surface area contributed by atoms with E-state index in [2.05, 4.69) is 25.1 Å². The molecule has 3 aromatic rings. The van der Waals surface area contributed by atoms with Gasteiger partial charge in [-0.25, -0.2) is 14.6 Å². The van der Waals surface area contributed by atoms with E-state index in [0.29, 0.717) is 18.4 Å². The molecule has 8 heteroatoms. The predicted octanol–water partition coefficient (Wildman–Crippen LogP) is 1.24. The highest BCUT2D eigenvalue weighted by molar-refractivity contribution is 5.87. The molecule has 26 heavy (non-hydrogen) atoms. The van der Waals surface area contributed by atoms with Gasteiger partial charge in [0, 0.05) is 38.0 Å². The van der Waals surface area contributed by atoms with Crippen LogP contribution in [0.3, 0.4) is 0 Å². The Morgan fingerprint density at radius 1 is 1.19 bits per heavy atom. The van der Waals surface area contributed by atoms with Crippen LogP contribution in [0, 0.1) is 12.8 Å². The van der Waals surface area contributed by atoms with E-state index in [9.17, 15) is 4.79 Å². The van der Waals surface area contributed by atoms with E-state index in [1.807, 2.05) is 26.2 Å². The molecule has 0 spiro atoms. The first-order valence-electron chi connectivity index (χ1n) is 9.08. The van der Waals surface area contributed by atoms with E-state index < -0.39 is 0 Å². The number of hydrogen-bond acceptors (Lipinski definition) is 6. The monoisotopic (exact) mass is 351 g/mol. The lowest BCUT2D eigenvalue weighted by Gasteiger charge is -2.40. The summed E-state index contributed by atoms with van der Waals surface area (Å²) in [5.41, 5.74) is 1.90. The van der Waals surface area contributed by atoms with E-state index in [1.54, 1.807) is 15.4 Å². The van der Waals surface area contributed by atoms with Crippen LogP contribution in [0.1, 0.15) is 30.3 Å². The maximum Gasteiger partial charge on any atom is 0.266 e. The van der Waals surface area contributed by atoms with Gasteiger partial charge in [-0.3, -0.25) is 9.48 Å². The maximum atomic E-state index is 12.1. The summed E-state index contributed by atoms with van der Waals surface area (Å²) in [5, 5.41) is 9.84. The number of nitrogens with zero attached hydrogens (tertiary/aromatic N) is 7. The average molecular weight is 351 g/mol. The minimum absolute atomic E-state index is 0.0135. The third-order valence-corrected chi connectivity index (χ3v) is 5.25. The van der Waals surface area contributed by atoms with Gasteiger partial charge < -0.3 is 4.90 Å². The standard InChI is InChI=1S/C18H21N7O/c1-11-20-17-14(7-19-23(17)2)18(21-11)24-8-12(9-24)10-25-16(26)6-5-15(22-25)13-3-4-13/h5-7,12-13H,3-4,8-10H2,1-2H3. The second-order valence-electron chi connectivity index (χ2n) is 7.42. The van der Waals surface area contributed by atoms with Crippen molar-refractivity contribution >= 4 is 16.9 Å². The van der Waals surface area contributed by atoms with Gasteiger partial charge in [-0.1, -0.05) is 0 Å². The molecule has 4 heterocycles. The summed E-state index contributed by atoms with van der Waals surface area (Å²) in [6, 6.07) is 3.54. The molecular formula is C18H21N7O. The zero-order valence-corrected chi connectivity index (χ0v) is 15.0. The molecule has 1 aliphatic carbocycles. The molecule has 0 unspecified atom stereocenters. The fourth-order valence-corrected chi connectivity index (χ4v) is 3.65. The van der Waals surface area contributed by atoms with E-state index in [4.69, 9.17) is 0 Å². The Balaban J connectivity index is 1.34. The van der Waals surface area contributed by atoms with Gasteiger partial charge in [-0.15, -0.1) is 0 Å². The number of anilines is 1. The Hall–Kier alpha value is -2.77. The Morgan fingerprint density at radius 2 is 2.00 bits per heavy atom. The lowest BCUT2D eigenvalue weighted by molar-refractivity contribution is 0.331. The fourth-order valence-electron chi connectivity index (χ4n) is 3.65. The van der Waals surface area contributed by atoms with Crippen LogP contribution in [-0.4, -0.2) is 42.6 Å². The van der Waals surface area contributed by atoms with Gasteiger partial charge in [0.05, 0.1) is 23.8 Å². The van der Waals surface area contributed by atoms with Crippen LogP contribution in [0.25, 0.3) is 11.0 Å². The van der Waals surface area contributed by atoms with Crippen LogP contribution in [0.2, 0.25) is 0 Å². The summed E-state index contributed by atoms with van der Waals surface area (Å²) in [4.78, 5) is 23.4. The van der Waals surface area contributed by atoms with Gasteiger partial charge in [0.15, 0.2) is 5.65 Å². The topological polar surface area (TPSA) is 81.7 Å². The lowest BCUT2D eigenvalue weighted by Crippen LogP contribution is -2.50. The average Bonchev–Trinajstić information content (AvgIpc) is 3.36. The number of fused-ring (bicyclic) bond motifs is 1. The molecule has 0 bridgehead atoms. The van der Waals surface area contributed by atoms with Crippen LogP contribution in [0.4, 0.5) is 5.82 Å². The minimum atomic E-state index is -0.0135. The molecule has 1 aliphatic heterocycles. The van der Waals surface area contributed by atoms with Crippen LogP contribution in [-0.2, 0) is 13.6 Å². The molecular weight excluding hydrogens is 330 g/mol. The normalized spacial score (nSPS) is 17.7. The number of rotatable bonds is 4. The number of hydrogen-bond donors (Lipinski definition) is 0. The Bertz CT molecular complexity index is 1040. The maximum absolute atomic E-state index is 12.1. The lowest BCUT2D eigenvalue weighted by atomic mass is 10.00. The molecule has 0 radical (unpaired) electrons. The van der Waals surface area contributed by atoms with Crippen molar-refractivity contribution < 1.29 is 0 Å². The summed E-state index contributed by atoms with van der Waals surface area (Å²) < 4.78 is 3.41. The van der Waals surface area contributed by atoms with Gasteiger partial charge in [-0.2, -0.15) is 10.2 Å². The van der Waals surface area contributed by atoms with Crippen molar-refractivity contribution in [2.45, 2.75) is 32.2 Å². The van der Waals surface area contributed by atoms with Gasteiger partial charge >= 0.3 is 0 Å². The van der Waals surface area contributed by atoms with Gasteiger partial charge in [0.1, 0.15) is 11.6 Å². The van der Waals surface area contributed by atoms with E-state index >= 15 is 0 Å². The van der Waals surface area contributed by atoms with Crippen LogP contribution < -0.4 is 10.5 Å². The SMILES string of the molecule is Cc1nc(N2CC(Cn3nc(C4CC4)ccc3=O)C2)c2cnn(C)c2n1. The van der Waals surface area contributed by atoms with Crippen LogP contribution in [0.15, 0.2) is 23.1 Å². The van der Waals surface area contributed by atoms with Crippen molar-refractivity contribution in [1.29, 1.82) is 0 Å². The highest BCUT2D eigenvalue weighted by atomic mass is 16.1. The first-order valence-corrected chi connectivity index (χ1v) is 9.08. The molecule has 0 atom stereocenters. The largest absolute Gasteiger partial charge is 0.355 e. The van der Waals surface area contributed by atoms with Crippen molar-refractivity contribution in [2.75, 3.05) is 18.0 Å². The quantitative estimate of drug-likeness (QED) is 0.703. The van der Waals surface area contributed by atoms with Crippen molar-refractivity contribution in [3.8, 4) is 0 Å². The zero-order chi connectivity index (χ0) is 17.8. The molecule has 3 aromatic heterocycles. The first kappa shape index (κ1) is 15.5. The molecule has 1 saturated heterocycles. The molecule has 0 aromatic carbocycles. The highest BCUT2D eigenvalue weighted by Crippen LogP contribution is 2.38. The summed E-state index contributed by atoms with van der Waals surface area (Å²) in [6.45, 7) is 4.29. The van der Waals surface area contributed by atoms with Crippen molar-refractivity contribution in [3.05, 3.63) is 40.2 Å². The molecule has 5 rings (SSSR count). The smallest absolute Gasteiger partial charge is 0.266 e. The van der Waals surface area contributed by atoms with Crippen molar-refractivity contribution in [1.82, 2.24) is 29.5 Å². The van der Waals surface area contributed by atoms with E-state index in [0.717, 1.165) is 41.5 Å². The van der Waals surface area contributed by atoms with Crippen LogP contribution >= 0.6 is 0 Å². The zero-order valence-electron chi connectivity index (χ0n) is 15.0. The fraction of sp³-hybridized carbons (Fsp3) is 0.500. The molecule has 0 amide bonds. The van der Waals surface area contributed by atoms with E-state index in [1.165, 1.54) is 12.8 Å². The summed E-state index contributed by atoms with van der Waals surface area (Å²) in [7, 11) is 1.89. The summed E-state index contributed by atoms with van der Waals surface area (Å²) in [6.07, 6.45) is 4.20. The first-order chi connectivity index (χ1) is 12.6. The number of aryl methyl sites for hydroxylation is 2. The Kier molecular flexibility index (Phi) is 3.35. The van der Waals surface area contributed by atoms with Crippen molar-refractivity contribution in [2.24, 2.45) is 13.0 Å². The van der Waals surface area contributed by atoms with E-state index in [-0.39, 0.29) is 5.56 Å². The molecule has 8 nitrogen and oxygen atoms in total. The second-order valence-corrected chi connectivity index (χ2v) is 7.42. The summed E-state index contributed by atoms with van der Waals surface area (Å²) >= 11 is 0. The van der Waals surface area contributed by atoms with Gasteiger partial charge in [-0.05, 0) is 25.8 Å². The predicted molar refractivity (Wildman–Crippen MR) is 97.2 cm³/mol. The Morgan fingerprint density at radius 3 is 2.77 bits per heavy atom. The van der Waals surface area contributed by atoms with Gasteiger partial charge in [0.25, 0.3) is 5.56 Å². The molecule has 0 N–H and O–H groups in total. The molecule has 1 saturated carbocycles. The second kappa shape index (κ2) is 5.62. The summed E-state index contributed by atoms with van der Waals surface area (Å²) in [5.74, 6) is 2.64. The molecule has 2 fully saturated rings. The molecule has 134 valence electrons. The Labute approximate surface area is 150 Å². The van der Waals surface area contributed by atoms with Gasteiger partial charge in [0.2, 0.25) is 0 Å². The third-order valence-electron chi connectivity index (χ3n) is 5.25. The minimum Gasteiger partial charge on any atom is -0.355 e.